The van der Waals surface area contributed by atoms with Crippen LogP contribution in [0, 0.1) is 5.92 Å². The second kappa shape index (κ2) is 12.4. The summed E-state index contributed by atoms with van der Waals surface area (Å²) >= 11 is 0. The molecular weight excluding hydrogens is 474 g/mol. The second-order valence-corrected chi connectivity index (χ2v) is 10.1. The van der Waals surface area contributed by atoms with Crippen molar-refractivity contribution in [2.75, 3.05) is 13.2 Å². The van der Waals surface area contributed by atoms with E-state index in [2.05, 4.69) is 6.58 Å². The van der Waals surface area contributed by atoms with Crippen molar-refractivity contribution in [3.05, 3.63) is 12.3 Å². The minimum Gasteiger partial charge on any atom is -0.430 e. The van der Waals surface area contributed by atoms with Gasteiger partial charge in [0.05, 0.1) is 30.8 Å². The molecule has 2 aliphatic rings. The maximum absolute atomic E-state index is 12.2. The number of ether oxygens (including phenoxy) is 3. The zero-order valence-corrected chi connectivity index (χ0v) is 21.4. The van der Waals surface area contributed by atoms with Gasteiger partial charge in [-0.2, -0.15) is 0 Å². The van der Waals surface area contributed by atoms with E-state index in [1.54, 1.807) is 0 Å². The largest absolute Gasteiger partial charge is 0.430 e. The number of nitrogens with zero attached hydrogens (tertiary/aromatic N) is 1. The third-order valence-electron chi connectivity index (χ3n) is 5.95. The number of rotatable bonds is 14. The highest BCUT2D eigenvalue weighted by molar-refractivity contribution is 6.10. The lowest BCUT2D eigenvalue weighted by atomic mass is 10.0. The minimum absolute atomic E-state index is 0.0190. The summed E-state index contributed by atoms with van der Waals surface area (Å²) in [5.41, 5.74) is -1.29. The molecular formula is C25H35NO10. The Morgan fingerprint density at radius 1 is 0.806 bits per heavy atom. The Labute approximate surface area is 210 Å². The van der Waals surface area contributed by atoms with E-state index < -0.39 is 40.9 Å². The number of carbonyl (C=O) groups excluding carboxylic acids is 6. The van der Waals surface area contributed by atoms with Crippen molar-refractivity contribution in [3.8, 4) is 0 Å². The molecule has 0 N–H and O–H groups in total. The summed E-state index contributed by atoms with van der Waals surface area (Å²) in [7, 11) is 0. The van der Waals surface area contributed by atoms with Gasteiger partial charge < -0.3 is 19.0 Å². The Bertz CT molecular complexity index is 888. The predicted molar refractivity (Wildman–Crippen MR) is 124 cm³/mol. The highest BCUT2D eigenvalue weighted by Crippen LogP contribution is 2.26. The van der Waals surface area contributed by atoms with E-state index in [0.717, 1.165) is 0 Å². The van der Waals surface area contributed by atoms with Crippen LogP contribution in [0.15, 0.2) is 12.3 Å². The summed E-state index contributed by atoms with van der Waals surface area (Å²) in [5, 5.41) is 0.503. The van der Waals surface area contributed by atoms with Crippen LogP contribution in [0.1, 0.15) is 79.1 Å². The Morgan fingerprint density at radius 3 is 1.92 bits per heavy atom. The van der Waals surface area contributed by atoms with Crippen molar-refractivity contribution in [3.63, 3.8) is 0 Å². The summed E-state index contributed by atoms with van der Waals surface area (Å²) in [5.74, 6) is -4.11. The molecule has 0 spiro atoms. The Hall–Kier alpha value is -2.92. The van der Waals surface area contributed by atoms with Gasteiger partial charge in [0.1, 0.15) is 11.7 Å². The third-order valence-corrected chi connectivity index (χ3v) is 5.95. The molecule has 36 heavy (non-hydrogen) atoms. The molecule has 1 heterocycles. The van der Waals surface area contributed by atoms with Crippen molar-refractivity contribution in [2.24, 2.45) is 5.92 Å². The van der Waals surface area contributed by atoms with Gasteiger partial charge in [0.25, 0.3) is 11.8 Å². The third kappa shape index (κ3) is 8.94. The van der Waals surface area contributed by atoms with E-state index in [-0.39, 0.29) is 62.5 Å². The van der Waals surface area contributed by atoms with E-state index in [0.29, 0.717) is 24.5 Å². The predicted octanol–water partition coefficient (Wildman–Crippen LogP) is 2.35. The molecule has 11 nitrogen and oxygen atoms in total. The first kappa shape index (κ1) is 29.3. The molecule has 1 saturated carbocycles. The van der Waals surface area contributed by atoms with Gasteiger partial charge in [0.2, 0.25) is 0 Å². The summed E-state index contributed by atoms with van der Waals surface area (Å²) in [6.07, 6.45) is 1.07. The maximum atomic E-state index is 12.2. The number of amides is 2. The first-order chi connectivity index (χ1) is 16.7. The van der Waals surface area contributed by atoms with Crippen LogP contribution in [0.3, 0.4) is 0 Å². The number of hydrogen-bond donors (Lipinski definition) is 0. The van der Waals surface area contributed by atoms with Gasteiger partial charge in [-0.15, -0.1) is 5.06 Å². The SMILES string of the molecule is C=C(OC(=O)CCC(C)(C)OCCC(C)(C)OCCC(=O)ON1C(=O)CCC1=O)C1C(=O)CCC1=O. The van der Waals surface area contributed by atoms with E-state index in [9.17, 15) is 28.8 Å². The zero-order valence-electron chi connectivity index (χ0n) is 21.4. The number of esters is 1. The van der Waals surface area contributed by atoms with Crippen LogP contribution in [-0.2, 0) is 47.8 Å². The Kier molecular flexibility index (Phi) is 10.1. The zero-order chi connectivity index (χ0) is 27.1. The molecule has 11 heteroatoms. The molecule has 1 saturated heterocycles. The number of carbonyl (C=O) groups is 6. The van der Waals surface area contributed by atoms with Crippen molar-refractivity contribution in [1.29, 1.82) is 0 Å². The van der Waals surface area contributed by atoms with Gasteiger partial charge in [0, 0.05) is 32.1 Å². The summed E-state index contributed by atoms with van der Waals surface area (Å²) in [4.78, 5) is 75.3. The quantitative estimate of drug-likeness (QED) is 0.148. The number of Topliss-reactive ketones (excluding diaryl/α,β-unsaturated/α-hetero) is 2. The average molecular weight is 510 g/mol. The molecule has 2 amide bonds. The molecule has 0 aromatic heterocycles. The topological polar surface area (TPSA) is 143 Å². The van der Waals surface area contributed by atoms with Gasteiger partial charge in [-0.05, 0) is 40.5 Å². The second-order valence-electron chi connectivity index (χ2n) is 10.1. The van der Waals surface area contributed by atoms with Gasteiger partial charge in [0.15, 0.2) is 11.6 Å². The Balaban J connectivity index is 1.64. The van der Waals surface area contributed by atoms with E-state index in [1.807, 2.05) is 27.7 Å². The lowest BCUT2D eigenvalue weighted by Gasteiger charge is -2.29. The van der Waals surface area contributed by atoms with Gasteiger partial charge in [-0.25, -0.2) is 4.79 Å². The molecule has 2 fully saturated rings. The van der Waals surface area contributed by atoms with Crippen molar-refractivity contribution in [2.45, 2.75) is 90.3 Å². The lowest BCUT2D eigenvalue weighted by Crippen LogP contribution is -2.34. The summed E-state index contributed by atoms with van der Waals surface area (Å²) < 4.78 is 16.8. The number of imide groups is 1. The van der Waals surface area contributed by atoms with E-state index >= 15 is 0 Å². The normalized spacial score (nSPS) is 17.2. The molecule has 0 bridgehead atoms. The van der Waals surface area contributed by atoms with E-state index in [1.165, 1.54) is 0 Å². The molecule has 0 aromatic rings. The summed E-state index contributed by atoms with van der Waals surface area (Å²) in [6.45, 7) is 11.2. The van der Waals surface area contributed by atoms with Crippen LogP contribution in [-0.4, -0.2) is 64.8 Å². The number of hydrogen-bond acceptors (Lipinski definition) is 10. The fourth-order valence-corrected chi connectivity index (χ4v) is 3.67. The molecule has 1 aliphatic carbocycles. The number of hydroxylamine groups is 2. The smallest absolute Gasteiger partial charge is 0.335 e. The molecule has 0 radical (unpaired) electrons. The first-order valence-electron chi connectivity index (χ1n) is 12.0. The Morgan fingerprint density at radius 2 is 1.33 bits per heavy atom. The first-order valence-corrected chi connectivity index (χ1v) is 12.0. The standard InChI is InChI=1S/C25H35NO10/c1-16(23-17(27)6-7-18(23)28)35-21(31)10-12-24(2,3)34-15-13-25(4,5)33-14-11-22(32)36-26-19(29)8-9-20(26)30/h23H,1,6-15H2,2-5H3. The minimum atomic E-state index is -1.05. The van der Waals surface area contributed by atoms with Crippen LogP contribution < -0.4 is 0 Å². The van der Waals surface area contributed by atoms with Crippen LogP contribution >= 0.6 is 0 Å². The average Bonchev–Trinajstić information content (AvgIpc) is 3.27. The lowest BCUT2D eigenvalue weighted by molar-refractivity contribution is -0.198. The fraction of sp³-hybridized carbons (Fsp3) is 0.680. The fourth-order valence-electron chi connectivity index (χ4n) is 3.67. The van der Waals surface area contributed by atoms with Gasteiger partial charge >= 0.3 is 11.9 Å². The molecule has 2 rings (SSSR count). The van der Waals surface area contributed by atoms with Gasteiger partial charge in [-0.1, -0.05) is 6.58 Å². The number of allylic oxidation sites excluding steroid dienone is 1. The van der Waals surface area contributed by atoms with E-state index in [4.69, 9.17) is 19.0 Å². The van der Waals surface area contributed by atoms with Crippen molar-refractivity contribution in [1.82, 2.24) is 5.06 Å². The summed E-state index contributed by atoms with van der Waals surface area (Å²) in [6, 6.07) is 0. The molecule has 0 aromatic carbocycles. The van der Waals surface area contributed by atoms with Crippen LogP contribution in [0.25, 0.3) is 0 Å². The van der Waals surface area contributed by atoms with Crippen molar-refractivity contribution < 1.29 is 47.8 Å². The molecule has 200 valence electrons. The highest BCUT2D eigenvalue weighted by Gasteiger charge is 2.37. The molecule has 0 unspecified atom stereocenters. The molecule has 1 aliphatic heterocycles. The van der Waals surface area contributed by atoms with Crippen LogP contribution in [0.4, 0.5) is 0 Å². The highest BCUT2D eigenvalue weighted by atomic mass is 16.7. The molecule has 0 atom stereocenters. The van der Waals surface area contributed by atoms with Crippen LogP contribution in [0.5, 0.6) is 0 Å². The van der Waals surface area contributed by atoms with Crippen LogP contribution in [0.2, 0.25) is 0 Å². The van der Waals surface area contributed by atoms with Crippen molar-refractivity contribution >= 4 is 35.3 Å². The van der Waals surface area contributed by atoms with Gasteiger partial charge in [-0.3, -0.25) is 24.0 Å². The number of ketones is 2. The monoisotopic (exact) mass is 509 g/mol. The maximum Gasteiger partial charge on any atom is 0.335 e.